The van der Waals surface area contributed by atoms with Crippen molar-refractivity contribution in [2.45, 2.75) is 17.5 Å². The van der Waals surface area contributed by atoms with Gasteiger partial charge in [-0.15, -0.1) is 11.8 Å². The van der Waals surface area contributed by atoms with E-state index >= 15 is 0 Å². The SMILES string of the molecule is CSc1ccc(-c2ccn3nc(NC(=O)[C@@H]4C[C@@H]4F)cc3c2)c2cn[nH]c12. The van der Waals surface area contributed by atoms with Gasteiger partial charge in [-0.05, 0) is 42.0 Å². The molecule has 136 valence electrons. The number of carbonyl (C=O) groups is 1. The van der Waals surface area contributed by atoms with Gasteiger partial charge in [-0.1, -0.05) is 6.07 Å². The third-order valence-electron chi connectivity index (χ3n) is 4.87. The van der Waals surface area contributed by atoms with Crippen molar-refractivity contribution in [1.82, 2.24) is 19.8 Å². The molecule has 0 radical (unpaired) electrons. The lowest BCUT2D eigenvalue weighted by molar-refractivity contribution is -0.117. The van der Waals surface area contributed by atoms with Crippen LogP contribution in [0.25, 0.3) is 27.5 Å². The van der Waals surface area contributed by atoms with Crippen LogP contribution < -0.4 is 5.32 Å². The number of amides is 1. The van der Waals surface area contributed by atoms with Crippen molar-refractivity contribution in [3.63, 3.8) is 0 Å². The Bertz CT molecular complexity index is 1180. The summed E-state index contributed by atoms with van der Waals surface area (Å²) in [5, 5.41) is 15.4. The van der Waals surface area contributed by atoms with E-state index in [9.17, 15) is 9.18 Å². The van der Waals surface area contributed by atoms with Crippen LogP contribution in [-0.2, 0) is 4.79 Å². The second kappa shape index (κ2) is 6.09. The Labute approximate surface area is 158 Å². The first-order valence-electron chi connectivity index (χ1n) is 8.59. The van der Waals surface area contributed by atoms with Crippen LogP contribution in [0.3, 0.4) is 0 Å². The van der Waals surface area contributed by atoms with Crippen LogP contribution in [0.15, 0.2) is 47.6 Å². The molecule has 27 heavy (non-hydrogen) atoms. The predicted octanol–water partition coefficient (Wildman–Crippen LogP) is 3.90. The van der Waals surface area contributed by atoms with Gasteiger partial charge in [-0.2, -0.15) is 10.2 Å². The summed E-state index contributed by atoms with van der Waals surface area (Å²) in [6.07, 6.45) is 5.01. The number of pyridine rings is 1. The van der Waals surface area contributed by atoms with Crippen LogP contribution in [0.4, 0.5) is 10.2 Å². The van der Waals surface area contributed by atoms with Crippen molar-refractivity contribution in [3.05, 3.63) is 42.7 Å². The zero-order valence-electron chi connectivity index (χ0n) is 14.4. The number of fused-ring (bicyclic) bond motifs is 2. The molecule has 1 saturated carbocycles. The molecule has 0 unspecified atom stereocenters. The lowest BCUT2D eigenvalue weighted by Gasteiger charge is -2.06. The fourth-order valence-corrected chi connectivity index (χ4v) is 3.87. The minimum Gasteiger partial charge on any atom is -0.309 e. The highest BCUT2D eigenvalue weighted by molar-refractivity contribution is 7.98. The zero-order chi connectivity index (χ0) is 18.5. The number of aromatic amines is 1. The number of hydrogen-bond donors (Lipinski definition) is 2. The normalized spacial score (nSPS) is 18.9. The summed E-state index contributed by atoms with van der Waals surface area (Å²) in [7, 11) is 0. The Morgan fingerprint density at radius 3 is 3.00 bits per heavy atom. The Balaban J connectivity index is 1.51. The summed E-state index contributed by atoms with van der Waals surface area (Å²) in [5.74, 6) is -0.406. The van der Waals surface area contributed by atoms with Gasteiger partial charge in [0.2, 0.25) is 5.91 Å². The maximum atomic E-state index is 13.0. The Morgan fingerprint density at radius 1 is 1.37 bits per heavy atom. The lowest BCUT2D eigenvalue weighted by atomic mass is 10.0. The van der Waals surface area contributed by atoms with E-state index in [2.05, 4.69) is 32.7 Å². The highest BCUT2D eigenvalue weighted by Crippen LogP contribution is 2.35. The van der Waals surface area contributed by atoms with Gasteiger partial charge in [-0.25, -0.2) is 8.91 Å². The molecule has 3 aromatic heterocycles. The first kappa shape index (κ1) is 16.3. The fourth-order valence-electron chi connectivity index (χ4n) is 3.31. The molecule has 1 aliphatic rings. The molecule has 0 saturated heterocycles. The van der Waals surface area contributed by atoms with Crippen LogP contribution in [0.2, 0.25) is 0 Å². The van der Waals surface area contributed by atoms with E-state index in [-0.39, 0.29) is 5.91 Å². The molecule has 3 heterocycles. The maximum Gasteiger partial charge on any atom is 0.231 e. The van der Waals surface area contributed by atoms with E-state index in [4.69, 9.17) is 0 Å². The number of anilines is 1. The highest BCUT2D eigenvalue weighted by atomic mass is 32.2. The van der Waals surface area contributed by atoms with Gasteiger partial charge in [0.25, 0.3) is 0 Å². The largest absolute Gasteiger partial charge is 0.309 e. The number of thioether (sulfide) groups is 1. The van der Waals surface area contributed by atoms with Gasteiger partial charge in [0.05, 0.1) is 23.1 Å². The smallest absolute Gasteiger partial charge is 0.231 e. The van der Waals surface area contributed by atoms with Crippen LogP contribution >= 0.6 is 11.8 Å². The highest BCUT2D eigenvalue weighted by Gasteiger charge is 2.43. The molecule has 6 nitrogen and oxygen atoms in total. The van der Waals surface area contributed by atoms with E-state index < -0.39 is 12.1 Å². The van der Waals surface area contributed by atoms with Crippen molar-refractivity contribution in [1.29, 1.82) is 0 Å². The van der Waals surface area contributed by atoms with Crippen molar-refractivity contribution >= 4 is 39.9 Å². The third kappa shape index (κ3) is 2.76. The van der Waals surface area contributed by atoms with Gasteiger partial charge >= 0.3 is 0 Å². The summed E-state index contributed by atoms with van der Waals surface area (Å²) in [4.78, 5) is 13.1. The first-order chi connectivity index (χ1) is 13.1. The van der Waals surface area contributed by atoms with E-state index in [0.29, 0.717) is 12.2 Å². The van der Waals surface area contributed by atoms with Crippen molar-refractivity contribution in [3.8, 4) is 11.1 Å². The van der Waals surface area contributed by atoms with Crippen molar-refractivity contribution in [2.75, 3.05) is 11.6 Å². The molecule has 2 N–H and O–H groups in total. The second-order valence-electron chi connectivity index (χ2n) is 6.64. The molecule has 1 fully saturated rings. The first-order valence-corrected chi connectivity index (χ1v) is 9.81. The molecule has 8 heteroatoms. The number of nitrogens with one attached hydrogen (secondary N) is 2. The van der Waals surface area contributed by atoms with Crippen molar-refractivity contribution < 1.29 is 9.18 Å². The van der Waals surface area contributed by atoms with Gasteiger partial charge in [0, 0.05) is 22.5 Å². The number of aromatic nitrogens is 4. The fraction of sp³-hybridized carbons (Fsp3) is 0.211. The molecule has 2 atom stereocenters. The number of benzene rings is 1. The molecule has 0 aliphatic heterocycles. The summed E-state index contributed by atoms with van der Waals surface area (Å²) >= 11 is 1.67. The average molecular weight is 381 g/mol. The molecule has 0 spiro atoms. The topological polar surface area (TPSA) is 75.1 Å². The molecule has 0 bridgehead atoms. The minimum atomic E-state index is -1.02. The van der Waals surface area contributed by atoms with Gasteiger partial charge in [0.1, 0.15) is 6.17 Å². The number of hydrogen-bond acceptors (Lipinski definition) is 4. The number of rotatable bonds is 4. The summed E-state index contributed by atoms with van der Waals surface area (Å²) in [6, 6.07) is 9.95. The maximum absolute atomic E-state index is 13.0. The Morgan fingerprint density at radius 2 is 2.22 bits per heavy atom. The summed E-state index contributed by atoms with van der Waals surface area (Å²) in [5.41, 5.74) is 3.97. The Hall–Kier alpha value is -2.87. The van der Waals surface area contributed by atoms with Gasteiger partial charge < -0.3 is 5.32 Å². The summed E-state index contributed by atoms with van der Waals surface area (Å²) in [6.45, 7) is 0. The monoisotopic (exact) mass is 381 g/mol. The lowest BCUT2D eigenvalue weighted by Crippen LogP contribution is -2.15. The third-order valence-corrected chi connectivity index (χ3v) is 5.65. The van der Waals surface area contributed by atoms with Crippen LogP contribution in [0, 0.1) is 5.92 Å². The summed E-state index contributed by atoms with van der Waals surface area (Å²) < 4.78 is 14.7. The number of carbonyl (C=O) groups excluding carboxylic acids is 1. The predicted molar refractivity (Wildman–Crippen MR) is 104 cm³/mol. The van der Waals surface area contributed by atoms with Crippen LogP contribution in [-0.4, -0.2) is 38.1 Å². The number of H-pyrrole nitrogens is 1. The minimum absolute atomic E-state index is 0.302. The molecule has 1 aromatic carbocycles. The number of halogens is 1. The van der Waals surface area contributed by atoms with Crippen molar-refractivity contribution in [2.24, 2.45) is 5.92 Å². The average Bonchev–Trinajstić information content (AvgIpc) is 3.07. The van der Waals surface area contributed by atoms with E-state index in [1.54, 1.807) is 22.3 Å². The molecule has 4 aromatic rings. The number of alkyl halides is 1. The quantitative estimate of drug-likeness (QED) is 0.526. The molecular weight excluding hydrogens is 365 g/mol. The standard InChI is InChI=1S/C19H16FN5OS/c1-27-16-3-2-12(14-9-21-23-18(14)16)10-4-5-25-11(6-10)7-17(24-25)22-19(26)13-8-15(13)20/h2-7,9,13,15H,8H2,1H3,(H,21,23)(H,22,24,26)/t13-,15+/m1/s1. The van der Waals surface area contributed by atoms with Crippen LogP contribution in [0.1, 0.15) is 6.42 Å². The van der Waals surface area contributed by atoms with E-state index in [0.717, 1.165) is 32.4 Å². The van der Waals surface area contributed by atoms with E-state index in [1.807, 2.05) is 30.8 Å². The zero-order valence-corrected chi connectivity index (χ0v) is 15.3. The number of nitrogens with zero attached hydrogens (tertiary/aromatic N) is 3. The molecule has 1 aliphatic carbocycles. The molecule has 5 rings (SSSR count). The molecule has 1 amide bonds. The van der Waals surface area contributed by atoms with Gasteiger partial charge in [-0.3, -0.25) is 9.89 Å². The molecular formula is C19H16FN5OS. The second-order valence-corrected chi connectivity index (χ2v) is 7.48. The van der Waals surface area contributed by atoms with Crippen LogP contribution in [0.5, 0.6) is 0 Å². The van der Waals surface area contributed by atoms with Gasteiger partial charge in [0.15, 0.2) is 5.82 Å². The Kier molecular flexibility index (Phi) is 3.68. The van der Waals surface area contributed by atoms with E-state index in [1.165, 1.54) is 0 Å².